The van der Waals surface area contributed by atoms with E-state index in [0.29, 0.717) is 0 Å². The number of benzene rings is 1. The highest BCUT2D eigenvalue weighted by Gasteiger charge is 2.33. The lowest BCUT2D eigenvalue weighted by atomic mass is 10.2. The van der Waals surface area contributed by atoms with E-state index in [1.54, 1.807) is 0 Å². The van der Waals surface area contributed by atoms with E-state index in [0.717, 1.165) is 18.2 Å². The third-order valence-electron chi connectivity index (χ3n) is 2.36. The van der Waals surface area contributed by atoms with Crippen LogP contribution in [0.25, 0.3) is 5.69 Å². The van der Waals surface area contributed by atoms with Crippen molar-refractivity contribution in [2.45, 2.75) is 6.18 Å². The average Bonchev–Trinajstić information content (AvgIpc) is 2.29. The summed E-state index contributed by atoms with van der Waals surface area (Å²) in [6.45, 7) is 0. The normalized spacial score (nSPS) is 11.6. The van der Waals surface area contributed by atoms with Gasteiger partial charge in [-0.2, -0.15) is 13.2 Å². The molecule has 0 saturated carbocycles. The summed E-state index contributed by atoms with van der Waals surface area (Å²) in [7, 11) is 0. The smallest absolute Gasteiger partial charge is 0.299 e. The summed E-state index contributed by atoms with van der Waals surface area (Å²) in [5.74, 6) is 0. The van der Waals surface area contributed by atoms with Crippen LogP contribution < -0.4 is 5.56 Å². The van der Waals surface area contributed by atoms with Crippen molar-refractivity contribution >= 4 is 23.8 Å². The van der Waals surface area contributed by atoms with E-state index in [1.165, 1.54) is 16.8 Å². The zero-order valence-corrected chi connectivity index (χ0v) is 10.7. The van der Waals surface area contributed by atoms with Crippen LogP contribution in [0.3, 0.4) is 0 Å². The first kappa shape index (κ1) is 13.8. The summed E-state index contributed by atoms with van der Waals surface area (Å²) in [5.41, 5.74) is -1.22. The molecular weight excluding hydrogens is 301 g/mol. The summed E-state index contributed by atoms with van der Waals surface area (Å²) in [5, 5.41) is -0.396. The van der Waals surface area contributed by atoms with Gasteiger partial charge in [0.05, 0.1) is 10.6 Å². The quantitative estimate of drug-likeness (QED) is 0.818. The maximum absolute atomic E-state index is 12.7. The van der Waals surface area contributed by atoms with Crippen LogP contribution in [0.2, 0.25) is 5.02 Å². The highest BCUT2D eigenvalue weighted by molar-refractivity contribution is 7.71. The molecule has 0 bridgehead atoms. The Morgan fingerprint density at radius 1 is 1.26 bits per heavy atom. The molecule has 0 aliphatic carbocycles. The molecule has 0 unspecified atom stereocenters. The number of halogens is 4. The molecule has 3 nitrogen and oxygen atoms in total. The minimum Gasteiger partial charge on any atom is -0.299 e. The Morgan fingerprint density at radius 3 is 2.53 bits per heavy atom. The second-order valence-corrected chi connectivity index (χ2v) is 4.44. The predicted molar refractivity (Wildman–Crippen MR) is 67.2 cm³/mol. The van der Waals surface area contributed by atoms with E-state index >= 15 is 0 Å². The number of aromatic nitrogens is 2. The van der Waals surface area contributed by atoms with Gasteiger partial charge in [-0.05, 0) is 30.4 Å². The van der Waals surface area contributed by atoms with Gasteiger partial charge in [0.1, 0.15) is 0 Å². The van der Waals surface area contributed by atoms with E-state index in [1.807, 2.05) is 0 Å². The number of H-pyrrole nitrogens is 1. The number of nitrogens with zero attached hydrogens (tertiary/aromatic N) is 1. The first-order valence-corrected chi connectivity index (χ1v) is 5.77. The van der Waals surface area contributed by atoms with Crippen molar-refractivity contribution in [3.05, 3.63) is 56.2 Å². The Balaban J connectivity index is 2.65. The number of hydrogen-bond donors (Lipinski definition) is 1. The minimum absolute atomic E-state index is 0.00273. The highest BCUT2D eigenvalue weighted by atomic mass is 35.5. The maximum atomic E-state index is 12.7. The van der Waals surface area contributed by atoms with Gasteiger partial charge in [0, 0.05) is 18.0 Å². The lowest BCUT2D eigenvalue weighted by Gasteiger charge is -2.12. The van der Waals surface area contributed by atoms with Crippen molar-refractivity contribution in [2.24, 2.45) is 0 Å². The maximum Gasteiger partial charge on any atom is 0.417 e. The van der Waals surface area contributed by atoms with Crippen molar-refractivity contribution < 1.29 is 13.2 Å². The van der Waals surface area contributed by atoms with Crippen LogP contribution in [0.1, 0.15) is 5.56 Å². The first-order chi connectivity index (χ1) is 8.79. The first-order valence-electron chi connectivity index (χ1n) is 4.98. The molecule has 0 aliphatic heterocycles. The molecular formula is C11H6ClF3N2OS. The van der Waals surface area contributed by atoms with Crippen LogP contribution in [0.5, 0.6) is 0 Å². The minimum atomic E-state index is -4.56. The van der Waals surface area contributed by atoms with Crippen LogP contribution in [-0.4, -0.2) is 9.55 Å². The molecule has 0 saturated heterocycles. The molecule has 8 heteroatoms. The van der Waals surface area contributed by atoms with Crippen LogP contribution in [0.15, 0.2) is 35.3 Å². The fourth-order valence-electron chi connectivity index (χ4n) is 1.50. The van der Waals surface area contributed by atoms with Gasteiger partial charge in [0.15, 0.2) is 4.77 Å². The van der Waals surface area contributed by atoms with Crippen LogP contribution in [0, 0.1) is 4.77 Å². The summed E-state index contributed by atoms with van der Waals surface area (Å²) in [6.07, 6.45) is -3.26. The van der Waals surface area contributed by atoms with E-state index in [4.69, 9.17) is 23.8 Å². The van der Waals surface area contributed by atoms with Gasteiger partial charge in [-0.3, -0.25) is 14.3 Å². The zero-order chi connectivity index (χ0) is 14.2. The SMILES string of the molecule is O=c1ccn(-c2ccc(Cl)c(C(F)(F)F)c2)c(=S)[nH]1. The van der Waals surface area contributed by atoms with Crippen LogP contribution in [0.4, 0.5) is 13.2 Å². The van der Waals surface area contributed by atoms with E-state index < -0.39 is 22.3 Å². The molecule has 0 radical (unpaired) electrons. The van der Waals surface area contributed by atoms with Gasteiger partial charge in [-0.25, -0.2) is 0 Å². The molecule has 1 aromatic heterocycles. The molecule has 0 aliphatic rings. The highest BCUT2D eigenvalue weighted by Crippen LogP contribution is 2.35. The Kier molecular flexibility index (Phi) is 3.51. The van der Waals surface area contributed by atoms with Crippen molar-refractivity contribution in [3.8, 4) is 5.69 Å². The van der Waals surface area contributed by atoms with Crippen molar-refractivity contribution in [3.63, 3.8) is 0 Å². The number of rotatable bonds is 1. The molecule has 1 heterocycles. The fourth-order valence-corrected chi connectivity index (χ4v) is 1.99. The summed E-state index contributed by atoms with van der Waals surface area (Å²) in [4.78, 5) is 13.3. The number of alkyl halides is 3. The van der Waals surface area contributed by atoms with Gasteiger partial charge >= 0.3 is 6.18 Å². The van der Waals surface area contributed by atoms with Gasteiger partial charge in [0.2, 0.25) is 0 Å². The molecule has 19 heavy (non-hydrogen) atoms. The number of nitrogens with one attached hydrogen (secondary N) is 1. The zero-order valence-electron chi connectivity index (χ0n) is 9.16. The Bertz CT molecular complexity index is 736. The van der Waals surface area contributed by atoms with Crippen LogP contribution in [-0.2, 0) is 6.18 Å². The molecule has 2 rings (SSSR count). The van der Waals surface area contributed by atoms with Crippen molar-refractivity contribution in [1.82, 2.24) is 9.55 Å². The third kappa shape index (κ3) is 2.87. The van der Waals surface area contributed by atoms with Gasteiger partial charge in [-0.1, -0.05) is 11.6 Å². The topological polar surface area (TPSA) is 37.8 Å². The molecule has 100 valence electrons. The second-order valence-electron chi connectivity index (χ2n) is 3.64. The third-order valence-corrected chi connectivity index (χ3v) is 2.99. The Hall–Kier alpha value is -1.60. The Morgan fingerprint density at radius 2 is 1.95 bits per heavy atom. The molecule has 0 spiro atoms. The summed E-state index contributed by atoms with van der Waals surface area (Å²) in [6, 6.07) is 4.55. The fraction of sp³-hybridized carbons (Fsp3) is 0.0909. The lowest BCUT2D eigenvalue weighted by molar-refractivity contribution is -0.137. The second kappa shape index (κ2) is 4.82. The van der Waals surface area contributed by atoms with Gasteiger partial charge in [-0.15, -0.1) is 0 Å². The van der Waals surface area contributed by atoms with Gasteiger partial charge < -0.3 is 0 Å². The number of hydrogen-bond acceptors (Lipinski definition) is 2. The van der Waals surface area contributed by atoms with Gasteiger partial charge in [0.25, 0.3) is 5.56 Å². The summed E-state index contributed by atoms with van der Waals surface area (Å²) < 4.78 is 39.4. The van der Waals surface area contributed by atoms with Crippen molar-refractivity contribution in [1.29, 1.82) is 0 Å². The van der Waals surface area contributed by atoms with E-state index in [2.05, 4.69) is 4.98 Å². The van der Waals surface area contributed by atoms with E-state index in [9.17, 15) is 18.0 Å². The standard InChI is InChI=1S/C11H6ClF3N2OS/c12-8-2-1-6(5-7(8)11(13,14)15)17-4-3-9(18)16-10(17)19/h1-5H,(H,16,18,19). The Labute approximate surface area is 115 Å². The monoisotopic (exact) mass is 306 g/mol. The molecule has 0 amide bonds. The molecule has 0 atom stereocenters. The average molecular weight is 307 g/mol. The predicted octanol–water partition coefficient (Wildman–Crippen LogP) is 3.57. The molecule has 2 aromatic rings. The molecule has 1 aromatic carbocycles. The molecule has 0 fully saturated rings. The number of aromatic amines is 1. The largest absolute Gasteiger partial charge is 0.417 e. The van der Waals surface area contributed by atoms with Crippen LogP contribution >= 0.6 is 23.8 Å². The van der Waals surface area contributed by atoms with Crippen molar-refractivity contribution in [2.75, 3.05) is 0 Å². The van der Waals surface area contributed by atoms with E-state index in [-0.39, 0.29) is 10.5 Å². The summed E-state index contributed by atoms with van der Waals surface area (Å²) >= 11 is 10.4. The lowest BCUT2D eigenvalue weighted by Crippen LogP contribution is -2.11. The molecule has 1 N–H and O–H groups in total.